The summed E-state index contributed by atoms with van der Waals surface area (Å²) >= 11 is 0. The third-order valence-electron chi connectivity index (χ3n) is 4.79. The van der Waals surface area contributed by atoms with Crippen LogP contribution in [-0.4, -0.2) is 29.3 Å². The fraction of sp³-hybridized carbons (Fsp3) is 0.130. The second kappa shape index (κ2) is 10.3. The Kier molecular flexibility index (Phi) is 7.54. The van der Waals surface area contributed by atoms with Crippen molar-refractivity contribution in [3.05, 3.63) is 95.4 Å². The van der Waals surface area contributed by atoms with E-state index in [0.29, 0.717) is 16.6 Å². The number of rotatable bonds is 6. The van der Waals surface area contributed by atoms with Crippen molar-refractivity contribution < 1.29 is 22.7 Å². The van der Waals surface area contributed by atoms with Gasteiger partial charge in [-0.15, -0.1) is 0 Å². The Morgan fingerprint density at radius 2 is 1.76 bits per heavy atom. The molecule has 4 rings (SSSR count). The number of nitrogens with one attached hydrogen (secondary N) is 1. The number of aromatic carboxylic acids is 1. The largest absolute Gasteiger partial charge is 0.478 e. The molecule has 4 aromatic rings. The van der Waals surface area contributed by atoms with Crippen LogP contribution in [0.2, 0.25) is 0 Å². The van der Waals surface area contributed by atoms with E-state index in [1.54, 1.807) is 28.9 Å². The lowest BCUT2D eigenvalue weighted by Gasteiger charge is -2.03. The predicted octanol–water partition coefficient (Wildman–Crippen LogP) is 3.40. The van der Waals surface area contributed by atoms with Crippen LogP contribution in [0.25, 0.3) is 16.6 Å². The molecule has 0 aliphatic carbocycles. The zero-order valence-corrected chi connectivity index (χ0v) is 18.6. The minimum Gasteiger partial charge on any atom is -0.478 e. The number of aromatic nitrogens is 2. The molecule has 1 aromatic heterocycles. The number of carboxylic acids is 1. The van der Waals surface area contributed by atoms with Gasteiger partial charge in [-0.3, -0.25) is 0 Å². The first-order chi connectivity index (χ1) is 15.7. The van der Waals surface area contributed by atoms with Crippen LogP contribution in [0.15, 0.2) is 72.9 Å². The Hall–Kier alpha value is -3.60. The molecule has 4 N–H and O–H groups in total. The Labute approximate surface area is 190 Å². The van der Waals surface area contributed by atoms with Gasteiger partial charge < -0.3 is 5.11 Å². The number of carbonyl (C=O) groups is 1. The van der Waals surface area contributed by atoms with Crippen LogP contribution in [-0.2, 0) is 23.2 Å². The number of nitrogens with two attached hydrogens (primary N) is 1. The molecule has 0 radical (unpaired) electrons. The highest BCUT2D eigenvalue weighted by Gasteiger charge is 2.12. The van der Waals surface area contributed by atoms with Crippen LogP contribution in [0, 0.1) is 5.82 Å². The fourth-order valence-electron chi connectivity index (χ4n) is 3.17. The van der Waals surface area contributed by atoms with Crippen molar-refractivity contribution in [2.45, 2.75) is 19.9 Å². The van der Waals surface area contributed by atoms with Gasteiger partial charge in [0.05, 0.1) is 23.0 Å². The average Bonchev–Trinajstić information content (AvgIpc) is 3.22. The molecule has 10 heteroatoms. The quantitative estimate of drug-likeness (QED) is 0.398. The van der Waals surface area contributed by atoms with E-state index >= 15 is 0 Å². The molecule has 0 saturated carbocycles. The van der Waals surface area contributed by atoms with Gasteiger partial charge in [-0.1, -0.05) is 37.3 Å². The Morgan fingerprint density at radius 1 is 1.09 bits per heavy atom. The third kappa shape index (κ3) is 6.45. The van der Waals surface area contributed by atoms with Crippen LogP contribution in [0.5, 0.6) is 0 Å². The topological polar surface area (TPSA) is 127 Å². The van der Waals surface area contributed by atoms with E-state index < -0.39 is 16.2 Å². The highest BCUT2D eigenvalue weighted by atomic mass is 32.2. The zero-order valence-electron chi connectivity index (χ0n) is 17.8. The van der Waals surface area contributed by atoms with E-state index in [-0.39, 0.29) is 17.9 Å². The van der Waals surface area contributed by atoms with Crippen LogP contribution >= 0.6 is 0 Å². The van der Waals surface area contributed by atoms with Gasteiger partial charge in [-0.2, -0.15) is 18.2 Å². The van der Waals surface area contributed by atoms with Gasteiger partial charge >= 0.3 is 5.97 Å². The highest BCUT2D eigenvalue weighted by Crippen LogP contribution is 2.22. The predicted molar refractivity (Wildman–Crippen MR) is 124 cm³/mol. The van der Waals surface area contributed by atoms with Crippen molar-refractivity contribution in [2.24, 2.45) is 5.14 Å². The number of nitrogens with zero attached hydrogens (tertiary/aromatic N) is 2. The molecule has 1 heterocycles. The minimum atomic E-state index is -3.59. The second-order valence-electron chi connectivity index (χ2n) is 7.12. The summed E-state index contributed by atoms with van der Waals surface area (Å²) in [5, 5.41) is 18.7. The Balaban J connectivity index is 0.000000196. The SMILES string of the molecule is CCc1cccc(CNS(N)(=O)=O)c1.O=C(O)c1cccc2c1cnn2-c1ccc(F)cc1. The Bertz CT molecular complexity index is 1370. The summed E-state index contributed by atoms with van der Waals surface area (Å²) < 4.78 is 38.0. The second-order valence-corrected chi connectivity index (χ2v) is 8.49. The maximum Gasteiger partial charge on any atom is 0.336 e. The zero-order chi connectivity index (χ0) is 24.0. The van der Waals surface area contributed by atoms with E-state index in [0.717, 1.165) is 12.0 Å². The van der Waals surface area contributed by atoms with Crippen molar-refractivity contribution in [1.29, 1.82) is 0 Å². The molecule has 172 valence electrons. The monoisotopic (exact) mass is 470 g/mol. The van der Waals surface area contributed by atoms with E-state index in [9.17, 15) is 17.6 Å². The van der Waals surface area contributed by atoms with Crippen LogP contribution in [0.3, 0.4) is 0 Å². The van der Waals surface area contributed by atoms with Crippen molar-refractivity contribution in [1.82, 2.24) is 14.5 Å². The molecule has 0 bridgehead atoms. The molecule has 0 fully saturated rings. The minimum absolute atomic E-state index is 0.200. The number of carboxylic acid groups (broad SMARTS) is 1. The number of fused-ring (bicyclic) bond motifs is 1. The van der Waals surface area contributed by atoms with E-state index in [4.69, 9.17) is 10.2 Å². The van der Waals surface area contributed by atoms with Crippen molar-refractivity contribution in [3.8, 4) is 5.69 Å². The number of benzene rings is 3. The third-order valence-corrected chi connectivity index (χ3v) is 5.34. The standard InChI is InChI=1S/C14H9FN2O2.C9H14N2O2S/c15-9-4-6-10(7-5-9)17-13-3-1-2-11(14(18)19)12(13)8-16-17;1-2-8-4-3-5-9(6-8)7-11-14(10,12)13/h1-8H,(H,18,19);3-6,11H,2,7H2,1H3,(H2,10,12,13). The molecule has 0 unspecified atom stereocenters. The number of aryl methyl sites for hydroxylation is 1. The normalized spacial score (nSPS) is 11.1. The molecule has 33 heavy (non-hydrogen) atoms. The Morgan fingerprint density at radius 3 is 2.39 bits per heavy atom. The molecular weight excluding hydrogens is 447 g/mol. The summed E-state index contributed by atoms with van der Waals surface area (Å²) in [4.78, 5) is 11.1. The van der Waals surface area contributed by atoms with Crippen molar-refractivity contribution in [2.75, 3.05) is 0 Å². The van der Waals surface area contributed by atoms with Crippen LogP contribution < -0.4 is 9.86 Å². The molecule has 3 aromatic carbocycles. The van der Waals surface area contributed by atoms with E-state index in [1.165, 1.54) is 30.0 Å². The van der Waals surface area contributed by atoms with Gasteiger partial charge in [-0.25, -0.2) is 19.0 Å². The lowest BCUT2D eigenvalue weighted by Crippen LogP contribution is -2.30. The number of hydrogen-bond acceptors (Lipinski definition) is 4. The fourth-order valence-corrected chi connectivity index (χ4v) is 3.54. The smallest absolute Gasteiger partial charge is 0.336 e. The summed E-state index contributed by atoms with van der Waals surface area (Å²) in [5.41, 5.74) is 3.65. The van der Waals surface area contributed by atoms with Gasteiger partial charge in [0.2, 0.25) is 0 Å². The number of hydrogen-bond donors (Lipinski definition) is 3. The highest BCUT2D eigenvalue weighted by molar-refractivity contribution is 7.87. The molecule has 0 atom stereocenters. The number of halogens is 1. The van der Waals surface area contributed by atoms with Gasteiger partial charge in [0.25, 0.3) is 10.2 Å². The summed E-state index contributed by atoms with van der Waals surface area (Å²) in [6.45, 7) is 2.29. The molecular formula is C23H23FN4O4S. The molecule has 0 aliphatic heterocycles. The maximum absolute atomic E-state index is 12.9. The first-order valence-electron chi connectivity index (χ1n) is 9.99. The molecule has 8 nitrogen and oxygen atoms in total. The first-order valence-corrected chi connectivity index (χ1v) is 11.5. The van der Waals surface area contributed by atoms with E-state index in [2.05, 4.69) is 9.82 Å². The van der Waals surface area contributed by atoms with Gasteiger partial charge in [0.15, 0.2) is 0 Å². The summed E-state index contributed by atoms with van der Waals surface area (Å²) in [6, 6.07) is 18.5. The molecule has 0 amide bonds. The van der Waals surface area contributed by atoms with E-state index in [1.807, 2.05) is 31.2 Å². The lowest BCUT2D eigenvalue weighted by atomic mass is 10.1. The van der Waals surface area contributed by atoms with Crippen LogP contribution in [0.1, 0.15) is 28.4 Å². The summed E-state index contributed by atoms with van der Waals surface area (Å²) in [6.07, 6.45) is 2.44. The van der Waals surface area contributed by atoms with Gasteiger partial charge in [0, 0.05) is 11.9 Å². The van der Waals surface area contributed by atoms with Crippen molar-refractivity contribution >= 4 is 27.1 Å². The molecule has 0 aliphatic rings. The molecule has 0 spiro atoms. The molecule has 0 saturated heterocycles. The summed E-state index contributed by atoms with van der Waals surface area (Å²) in [7, 11) is -3.59. The van der Waals surface area contributed by atoms with Gasteiger partial charge in [-0.05, 0) is 53.9 Å². The van der Waals surface area contributed by atoms with Crippen molar-refractivity contribution in [3.63, 3.8) is 0 Å². The first kappa shape index (κ1) is 24.1. The lowest BCUT2D eigenvalue weighted by molar-refractivity contribution is 0.0699. The van der Waals surface area contributed by atoms with Crippen LogP contribution in [0.4, 0.5) is 4.39 Å². The summed E-state index contributed by atoms with van der Waals surface area (Å²) in [5.74, 6) is -1.32. The van der Waals surface area contributed by atoms with Gasteiger partial charge in [0.1, 0.15) is 5.82 Å². The average molecular weight is 471 g/mol. The maximum atomic E-state index is 12.9.